The summed E-state index contributed by atoms with van der Waals surface area (Å²) in [5.74, 6) is 0.136. The van der Waals surface area contributed by atoms with Gasteiger partial charge in [-0.25, -0.2) is 0 Å². The van der Waals surface area contributed by atoms with Crippen molar-refractivity contribution in [1.82, 2.24) is 10.2 Å². The van der Waals surface area contributed by atoms with Gasteiger partial charge in [-0.05, 0) is 24.8 Å². The maximum atomic E-state index is 11.6. The molecule has 1 fully saturated rings. The van der Waals surface area contributed by atoms with Crippen molar-refractivity contribution in [3.8, 4) is 0 Å². The van der Waals surface area contributed by atoms with Crippen LogP contribution in [0.2, 0.25) is 0 Å². The summed E-state index contributed by atoms with van der Waals surface area (Å²) in [5, 5.41) is 2.82. The standard InChI is InChI=1S/C17H24N2O3/c20-16(14-22-13-9-15-6-2-1-3-7-15)18-10-5-12-19-11-4-8-17(19)21/h1-3,6-7H,4-5,8-14H2,(H,18,20). The summed E-state index contributed by atoms with van der Waals surface area (Å²) in [7, 11) is 0. The monoisotopic (exact) mass is 304 g/mol. The summed E-state index contributed by atoms with van der Waals surface area (Å²) in [6.07, 6.45) is 3.23. The van der Waals surface area contributed by atoms with Gasteiger partial charge in [-0.15, -0.1) is 0 Å². The number of hydrogen-bond acceptors (Lipinski definition) is 3. The first kappa shape index (κ1) is 16.5. The van der Waals surface area contributed by atoms with Gasteiger partial charge in [0.2, 0.25) is 11.8 Å². The van der Waals surface area contributed by atoms with Crippen LogP contribution in [0.4, 0.5) is 0 Å². The molecule has 0 atom stereocenters. The Morgan fingerprint density at radius 3 is 2.82 bits per heavy atom. The number of nitrogens with one attached hydrogen (secondary N) is 1. The lowest BCUT2D eigenvalue weighted by Crippen LogP contribution is -2.32. The predicted molar refractivity (Wildman–Crippen MR) is 84.4 cm³/mol. The highest BCUT2D eigenvalue weighted by atomic mass is 16.5. The minimum absolute atomic E-state index is 0.0927. The Balaban J connectivity index is 1.47. The highest BCUT2D eigenvalue weighted by Crippen LogP contribution is 2.09. The number of rotatable bonds is 9. The molecule has 0 spiro atoms. The minimum Gasteiger partial charge on any atom is -0.371 e. The van der Waals surface area contributed by atoms with Crippen LogP contribution in [0.5, 0.6) is 0 Å². The Morgan fingerprint density at radius 1 is 1.27 bits per heavy atom. The number of amides is 2. The molecule has 0 aromatic heterocycles. The smallest absolute Gasteiger partial charge is 0.245 e. The molecule has 120 valence electrons. The lowest BCUT2D eigenvalue weighted by atomic mass is 10.2. The van der Waals surface area contributed by atoms with Gasteiger partial charge in [-0.3, -0.25) is 9.59 Å². The first-order chi connectivity index (χ1) is 10.8. The number of carbonyl (C=O) groups excluding carboxylic acids is 2. The van der Waals surface area contributed by atoms with Crippen molar-refractivity contribution in [3.63, 3.8) is 0 Å². The quantitative estimate of drug-likeness (QED) is 0.701. The summed E-state index contributed by atoms with van der Waals surface area (Å²) in [5.41, 5.74) is 1.21. The third-order valence-corrected chi connectivity index (χ3v) is 3.71. The summed E-state index contributed by atoms with van der Waals surface area (Å²) >= 11 is 0. The van der Waals surface area contributed by atoms with Gasteiger partial charge in [0.1, 0.15) is 6.61 Å². The van der Waals surface area contributed by atoms with Crippen LogP contribution in [0.3, 0.4) is 0 Å². The van der Waals surface area contributed by atoms with E-state index < -0.39 is 0 Å². The molecule has 0 saturated carbocycles. The van der Waals surface area contributed by atoms with E-state index >= 15 is 0 Å². The Bertz CT molecular complexity index is 476. The third kappa shape index (κ3) is 5.85. The van der Waals surface area contributed by atoms with Crippen molar-refractivity contribution in [2.24, 2.45) is 0 Å². The molecule has 0 aliphatic carbocycles. The fourth-order valence-corrected chi connectivity index (χ4v) is 2.49. The first-order valence-corrected chi connectivity index (χ1v) is 7.92. The number of nitrogens with zero attached hydrogens (tertiary/aromatic N) is 1. The van der Waals surface area contributed by atoms with Gasteiger partial charge in [0.05, 0.1) is 6.61 Å². The molecule has 1 heterocycles. The van der Waals surface area contributed by atoms with Crippen LogP contribution in [0, 0.1) is 0 Å². The molecular formula is C17H24N2O3. The summed E-state index contributed by atoms with van der Waals surface area (Å²) in [6.45, 7) is 2.81. The summed E-state index contributed by atoms with van der Waals surface area (Å²) in [6, 6.07) is 10.1. The van der Waals surface area contributed by atoms with Gasteiger partial charge < -0.3 is 15.0 Å². The molecule has 1 N–H and O–H groups in total. The average molecular weight is 304 g/mol. The van der Waals surface area contributed by atoms with Gasteiger partial charge in [-0.2, -0.15) is 0 Å². The van der Waals surface area contributed by atoms with Crippen LogP contribution in [0.15, 0.2) is 30.3 Å². The van der Waals surface area contributed by atoms with Gasteiger partial charge in [-0.1, -0.05) is 30.3 Å². The van der Waals surface area contributed by atoms with E-state index in [0.717, 1.165) is 32.4 Å². The molecular weight excluding hydrogens is 280 g/mol. The maximum Gasteiger partial charge on any atom is 0.245 e. The largest absolute Gasteiger partial charge is 0.371 e. The van der Waals surface area contributed by atoms with Crippen molar-refractivity contribution in [2.45, 2.75) is 25.7 Å². The molecule has 2 amide bonds. The number of hydrogen-bond donors (Lipinski definition) is 1. The van der Waals surface area contributed by atoms with Crippen LogP contribution >= 0.6 is 0 Å². The molecule has 1 aromatic carbocycles. The van der Waals surface area contributed by atoms with E-state index in [0.29, 0.717) is 19.6 Å². The highest BCUT2D eigenvalue weighted by Gasteiger charge is 2.18. The summed E-state index contributed by atoms with van der Waals surface area (Å²) < 4.78 is 5.37. The van der Waals surface area contributed by atoms with Gasteiger partial charge >= 0.3 is 0 Å². The SMILES string of the molecule is O=C(COCCc1ccccc1)NCCCN1CCCC1=O. The van der Waals surface area contributed by atoms with Crippen molar-refractivity contribution in [1.29, 1.82) is 0 Å². The minimum atomic E-state index is -0.0965. The topological polar surface area (TPSA) is 58.6 Å². The van der Waals surface area contributed by atoms with E-state index in [9.17, 15) is 9.59 Å². The van der Waals surface area contributed by atoms with Crippen molar-refractivity contribution in [2.75, 3.05) is 32.8 Å². The Hall–Kier alpha value is -1.88. The van der Waals surface area contributed by atoms with Crippen LogP contribution < -0.4 is 5.32 Å². The zero-order valence-corrected chi connectivity index (χ0v) is 12.9. The normalized spacial score (nSPS) is 14.4. The molecule has 5 nitrogen and oxygen atoms in total. The molecule has 1 aromatic rings. The van der Waals surface area contributed by atoms with Crippen molar-refractivity contribution >= 4 is 11.8 Å². The Kier molecular flexibility index (Phi) is 6.90. The van der Waals surface area contributed by atoms with Gasteiger partial charge in [0.25, 0.3) is 0 Å². The zero-order valence-electron chi connectivity index (χ0n) is 12.9. The van der Waals surface area contributed by atoms with Crippen LogP contribution in [0.25, 0.3) is 0 Å². The Morgan fingerprint density at radius 2 is 2.09 bits per heavy atom. The highest BCUT2D eigenvalue weighted by molar-refractivity contribution is 5.78. The van der Waals surface area contributed by atoms with Crippen molar-refractivity contribution < 1.29 is 14.3 Å². The molecule has 22 heavy (non-hydrogen) atoms. The van der Waals surface area contributed by atoms with Crippen LogP contribution in [0.1, 0.15) is 24.8 Å². The number of ether oxygens (including phenoxy) is 1. The predicted octanol–water partition coefficient (Wildman–Crippen LogP) is 1.37. The van der Waals surface area contributed by atoms with Crippen molar-refractivity contribution in [3.05, 3.63) is 35.9 Å². The molecule has 0 bridgehead atoms. The molecule has 1 aliphatic rings. The van der Waals surface area contributed by atoms with Gasteiger partial charge in [0, 0.05) is 26.1 Å². The fraction of sp³-hybridized carbons (Fsp3) is 0.529. The number of benzene rings is 1. The van der Waals surface area contributed by atoms with Crippen LogP contribution in [-0.4, -0.2) is 49.6 Å². The number of likely N-dealkylation sites (tertiary alicyclic amines) is 1. The maximum absolute atomic E-state index is 11.6. The second-order valence-electron chi connectivity index (χ2n) is 5.48. The van der Waals surface area contributed by atoms with E-state index in [1.807, 2.05) is 35.2 Å². The van der Waals surface area contributed by atoms with E-state index in [1.54, 1.807) is 0 Å². The molecule has 2 rings (SSSR count). The molecule has 0 radical (unpaired) electrons. The van der Waals surface area contributed by atoms with Crippen LogP contribution in [-0.2, 0) is 20.7 Å². The molecule has 1 aliphatic heterocycles. The van der Waals surface area contributed by atoms with E-state index in [2.05, 4.69) is 5.32 Å². The number of carbonyl (C=O) groups is 2. The van der Waals surface area contributed by atoms with E-state index in [1.165, 1.54) is 5.56 Å². The van der Waals surface area contributed by atoms with E-state index in [-0.39, 0.29) is 18.4 Å². The molecule has 1 saturated heterocycles. The molecule has 5 heteroatoms. The van der Waals surface area contributed by atoms with E-state index in [4.69, 9.17) is 4.74 Å². The van der Waals surface area contributed by atoms with Gasteiger partial charge in [0.15, 0.2) is 0 Å². The zero-order chi connectivity index (χ0) is 15.6. The second-order valence-corrected chi connectivity index (χ2v) is 5.48. The fourth-order valence-electron chi connectivity index (χ4n) is 2.49. The lowest BCUT2D eigenvalue weighted by molar-refractivity contribution is -0.127. The lowest BCUT2D eigenvalue weighted by Gasteiger charge is -2.15. The average Bonchev–Trinajstić information content (AvgIpc) is 2.94. The summed E-state index contributed by atoms with van der Waals surface area (Å²) in [4.78, 5) is 24.9. The third-order valence-electron chi connectivity index (χ3n) is 3.71. The Labute approximate surface area is 131 Å². The first-order valence-electron chi connectivity index (χ1n) is 7.92. The molecule has 0 unspecified atom stereocenters. The second kappa shape index (κ2) is 9.20.